The molecular weight excluding hydrogens is 825 g/mol. The molecule has 1 saturated heterocycles. The van der Waals surface area contributed by atoms with Crippen LogP contribution in [0.25, 0.3) is 0 Å². The molecule has 0 aromatic carbocycles. The number of rotatable bonds is 43. The van der Waals surface area contributed by atoms with Crippen LogP contribution < -0.4 is 0 Å². The van der Waals surface area contributed by atoms with Gasteiger partial charge in [0, 0.05) is 12.8 Å². The van der Waals surface area contributed by atoms with Crippen LogP contribution in [0.3, 0.4) is 0 Å². The Morgan fingerprint density at radius 3 is 1.41 bits per heavy atom. The molecule has 6 unspecified atom stereocenters. The fourth-order valence-electron chi connectivity index (χ4n) is 7.83. The van der Waals surface area contributed by atoms with Crippen LogP contribution in [-0.4, -0.2) is 96.0 Å². The first kappa shape index (κ1) is 59.1. The van der Waals surface area contributed by atoms with E-state index >= 15 is 0 Å². The van der Waals surface area contributed by atoms with E-state index in [4.69, 9.17) is 18.9 Å². The first-order valence-corrected chi connectivity index (χ1v) is 27.0. The van der Waals surface area contributed by atoms with E-state index in [1.165, 1.54) is 122 Å². The van der Waals surface area contributed by atoms with Gasteiger partial charge in [0.1, 0.15) is 36.8 Å². The van der Waals surface area contributed by atoms with Crippen molar-refractivity contribution in [1.29, 1.82) is 0 Å². The van der Waals surface area contributed by atoms with Crippen molar-refractivity contribution in [3.8, 4) is 0 Å². The van der Waals surface area contributed by atoms with Gasteiger partial charge in [0.25, 0.3) is 10.1 Å². The van der Waals surface area contributed by atoms with Crippen LogP contribution in [0.5, 0.6) is 0 Å². The smallest absolute Gasteiger partial charge is 0.306 e. The molecule has 0 radical (unpaired) electrons. The second-order valence-corrected chi connectivity index (χ2v) is 19.3. The highest BCUT2D eigenvalue weighted by Gasteiger charge is 2.46. The second-order valence-electron chi connectivity index (χ2n) is 17.8. The van der Waals surface area contributed by atoms with Gasteiger partial charge in [-0.25, -0.2) is 0 Å². The number of aliphatic hydroxyl groups is 3. The van der Waals surface area contributed by atoms with E-state index < -0.39 is 71.2 Å². The zero-order valence-electron chi connectivity index (χ0n) is 39.7. The number of unbranched alkanes of at least 4 members (excludes halogenated alkanes) is 27. The molecule has 4 N–H and O–H groups in total. The third-order valence-corrected chi connectivity index (χ3v) is 12.5. The summed E-state index contributed by atoms with van der Waals surface area (Å²) in [6.45, 7) is 3.76. The fourth-order valence-corrected chi connectivity index (χ4v) is 8.52. The summed E-state index contributed by atoms with van der Waals surface area (Å²) in [5.74, 6) is -1.99. The van der Waals surface area contributed by atoms with Gasteiger partial charge in [0.15, 0.2) is 12.4 Å². The summed E-state index contributed by atoms with van der Waals surface area (Å²) >= 11 is 0. The molecule has 0 bridgehead atoms. The zero-order valence-corrected chi connectivity index (χ0v) is 40.5. The van der Waals surface area contributed by atoms with E-state index in [0.29, 0.717) is 12.8 Å². The predicted octanol–water partition coefficient (Wildman–Crippen LogP) is 11.2. The highest BCUT2D eigenvalue weighted by atomic mass is 32.2. The first-order valence-electron chi connectivity index (χ1n) is 25.4. The van der Waals surface area contributed by atoms with Crippen LogP contribution >= 0.6 is 0 Å². The quantitative estimate of drug-likeness (QED) is 0.0197. The lowest BCUT2D eigenvalue weighted by Gasteiger charge is -2.40. The Bertz CT molecular complexity index is 1260. The predicted molar refractivity (Wildman–Crippen MR) is 252 cm³/mol. The third-order valence-electron chi connectivity index (χ3n) is 11.8. The summed E-state index contributed by atoms with van der Waals surface area (Å²) < 4.78 is 54.2. The average molecular weight is 917 g/mol. The van der Waals surface area contributed by atoms with Gasteiger partial charge in [-0.2, -0.15) is 8.42 Å². The van der Waals surface area contributed by atoms with Crippen molar-refractivity contribution in [2.45, 2.75) is 263 Å². The molecule has 0 amide bonds. The zero-order chi connectivity index (χ0) is 46.2. The largest absolute Gasteiger partial charge is 0.462 e. The van der Waals surface area contributed by atoms with E-state index in [1.54, 1.807) is 0 Å². The maximum Gasteiger partial charge on any atom is 0.306 e. The number of ether oxygens (including phenoxy) is 4. The molecule has 0 aromatic rings. The van der Waals surface area contributed by atoms with Crippen LogP contribution in [0.15, 0.2) is 24.3 Å². The van der Waals surface area contributed by atoms with Crippen molar-refractivity contribution in [2.24, 2.45) is 0 Å². The Balaban J connectivity index is 2.38. The third kappa shape index (κ3) is 35.1. The number of hydrogen-bond acceptors (Lipinski definition) is 11. The van der Waals surface area contributed by atoms with Crippen molar-refractivity contribution >= 4 is 22.1 Å². The molecule has 13 heteroatoms. The molecule has 1 aliphatic rings. The lowest BCUT2D eigenvalue weighted by Crippen LogP contribution is -2.60. The summed E-state index contributed by atoms with van der Waals surface area (Å²) in [6, 6.07) is 0. The molecule has 0 aromatic heterocycles. The van der Waals surface area contributed by atoms with Gasteiger partial charge in [-0.05, 0) is 44.9 Å². The molecule has 1 fully saturated rings. The summed E-state index contributed by atoms with van der Waals surface area (Å²) in [4.78, 5) is 25.5. The molecule has 0 saturated carbocycles. The van der Waals surface area contributed by atoms with Gasteiger partial charge in [-0.15, -0.1) is 0 Å². The highest BCUT2D eigenvalue weighted by Crippen LogP contribution is 2.24. The summed E-state index contributed by atoms with van der Waals surface area (Å²) in [5, 5.41) is 30.9. The number of carbonyl (C=O) groups is 2. The number of carbonyl (C=O) groups excluding carboxylic acids is 2. The number of aliphatic hydroxyl groups excluding tert-OH is 3. The Hall–Kier alpha value is -1.87. The summed E-state index contributed by atoms with van der Waals surface area (Å²) in [5.41, 5.74) is 0. The minimum atomic E-state index is -4.60. The minimum absolute atomic E-state index is 0.151. The monoisotopic (exact) mass is 917 g/mol. The van der Waals surface area contributed by atoms with E-state index in [2.05, 4.69) is 38.2 Å². The van der Waals surface area contributed by atoms with E-state index in [9.17, 15) is 37.9 Å². The topological polar surface area (TPSA) is 186 Å². The molecular formula is C50H92O12S. The normalized spacial score (nSPS) is 19.9. The average Bonchev–Trinajstić information content (AvgIpc) is 3.25. The molecule has 1 heterocycles. The van der Waals surface area contributed by atoms with E-state index in [-0.39, 0.29) is 19.4 Å². The summed E-state index contributed by atoms with van der Waals surface area (Å²) in [7, 11) is -4.60. The van der Waals surface area contributed by atoms with Crippen molar-refractivity contribution in [1.82, 2.24) is 0 Å². The first-order chi connectivity index (χ1) is 30.5. The van der Waals surface area contributed by atoms with Crippen LogP contribution in [0, 0.1) is 0 Å². The van der Waals surface area contributed by atoms with Gasteiger partial charge in [0.05, 0.1) is 6.61 Å². The van der Waals surface area contributed by atoms with Gasteiger partial charge >= 0.3 is 11.9 Å². The SMILES string of the molecule is CCCCCC/C=C\C/C=C\CCCCCCCC(=O)OC(COC(=O)CCCCCCCCCCCCCCCCCCCCC)COC1OC(CS(=O)(=O)O)C(O)C(O)C1O. The van der Waals surface area contributed by atoms with E-state index in [1.807, 2.05) is 0 Å². The number of hydrogen-bond donors (Lipinski definition) is 4. The Morgan fingerprint density at radius 1 is 0.540 bits per heavy atom. The molecule has 0 spiro atoms. The van der Waals surface area contributed by atoms with Crippen molar-refractivity contribution < 1.29 is 56.8 Å². The molecule has 1 aliphatic heterocycles. The molecule has 6 atom stereocenters. The molecule has 1 rings (SSSR count). The van der Waals surface area contributed by atoms with Crippen molar-refractivity contribution in [3.63, 3.8) is 0 Å². The Kier molecular flexibility index (Phi) is 37.9. The lowest BCUT2D eigenvalue weighted by atomic mass is 10.00. The van der Waals surface area contributed by atoms with Crippen LogP contribution in [0.1, 0.15) is 226 Å². The van der Waals surface area contributed by atoms with Gasteiger partial charge < -0.3 is 34.3 Å². The molecule has 63 heavy (non-hydrogen) atoms. The summed E-state index contributed by atoms with van der Waals surface area (Å²) in [6.07, 6.45) is 36.4. The highest BCUT2D eigenvalue weighted by molar-refractivity contribution is 7.85. The molecule has 0 aliphatic carbocycles. The molecule has 370 valence electrons. The van der Waals surface area contributed by atoms with Gasteiger partial charge in [0.2, 0.25) is 0 Å². The van der Waals surface area contributed by atoms with E-state index in [0.717, 1.165) is 64.2 Å². The Morgan fingerprint density at radius 2 is 0.952 bits per heavy atom. The number of allylic oxidation sites excluding steroid dienone is 4. The van der Waals surface area contributed by atoms with Crippen molar-refractivity contribution in [3.05, 3.63) is 24.3 Å². The maximum atomic E-state index is 12.8. The number of esters is 2. The second kappa shape index (κ2) is 40.4. The van der Waals surface area contributed by atoms with Gasteiger partial charge in [-0.1, -0.05) is 192 Å². The maximum absolute atomic E-state index is 12.8. The minimum Gasteiger partial charge on any atom is -0.462 e. The van der Waals surface area contributed by atoms with Crippen LogP contribution in [-0.2, 0) is 38.7 Å². The Labute approximate surface area is 383 Å². The standard InChI is InChI=1S/C50H92O12S/c1-3-5-7-9-11-13-15-17-19-21-22-23-25-26-28-30-32-34-36-38-45(51)59-40-43(41-60-50-49(55)48(54)47(53)44(62-50)42-63(56,57)58)61-46(52)39-37-35-33-31-29-27-24-20-18-16-14-12-10-8-6-4-2/h14,16,20,24,43-44,47-50,53-55H,3-13,15,17-19,21-23,25-42H2,1-2H3,(H,56,57,58)/b16-14-,24-20-. The van der Waals surface area contributed by atoms with Gasteiger partial charge in [-0.3, -0.25) is 14.1 Å². The van der Waals surface area contributed by atoms with Crippen LogP contribution in [0.2, 0.25) is 0 Å². The lowest BCUT2D eigenvalue weighted by molar-refractivity contribution is -0.297. The van der Waals surface area contributed by atoms with Crippen molar-refractivity contribution in [2.75, 3.05) is 19.0 Å². The fraction of sp³-hybridized carbons (Fsp3) is 0.880. The van der Waals surface area contributed by atoms with Crippen LogP contribution in [0.4, 0.5) is 0 Å². The molecule has 12 nitrogen and oxygen atoms in total.